The monoisotopic (exact) mass is 410 g/mol. The third-order valence-electron chi connectivity index (χ3n) is 5.13. The third-order valence-corrected chi connectivity index (χ3v) is 5.13. The van der Waals surface area contributed by atoms with Crippen LogP contribution >= 0.6 is 0 Å². The van der Waals surface area contributed by atoms with Gasteiger partial charge in [-0.3, -0.25) is 0 Å². The van der Waals surface area contributed by atoms with Gasteiger partial charge in [0, 0.05) is 0 Å². The van der Waals surface area contributed by atoms with E-state index in [1.807, 2.05) is 55.5 Å². The van der Waals surface area contributed by atoms with Crippen molar-refractivity contribution in [1.29, 1.82) is 0 Å². The minimum Gasteiger partial charge on any atom is -0.423 e. The molecule has 3 aromatic rings. The molecule has 0 radical (unpaired) electrons. The molecule has 0 saturated carbocycles. The van der Waals surface area contributed by atoms with Crippen LogP contribution in [0.3, 0.4) is 0 Å². The number of ether oxygens (including phenoxy) is 1. The topological polar surface area (TPSA) is 26.3 Å². The number of carbonyl (C=O) groups excluding carboxylic acids is 1. The van der Waals surface area contributed by atoms with Crippen molar-refractivity contribution < 1.29 is 9.53 Å². The first-order valence-electron chi connectivity index (χ1n) is 11.0. The fourth-order valence-electron chi connectivity index (χ4n) is 3.32. The van der Waals surface area contributed by atoms with Crippen LogP contribution in [0.25, 0.3) is 11.1 Å². The van der Waals surface area contributed by atoms with Gasteiger partial charge in [0.05, 0.1) is 5.56 Å². The highest BCUT2D eigenvalue weighted by Gasteiger charge is 2.09. The van der Waals surface area contributed by atoms with Crippen molar-refractivity contribution in [3.05, 3.63) is 114 Å². The predicted molar refractivity (Wildman–Crippen MR) is 130 cm³/mol. The molecule has 0 aromatic heterocycles. The maximum Gasteiger partial charge on any atom is 0.343 e. The maximum atomic E-state index is 12.4. The van der Waals surface area contributed by atoms with Crippen LogP contribution in [0.5, 0.6) is 5.75 Å². The van der Waals surface area contributed by atoms with E-state index in [1.165, 1.54) is 11.1 Å². The van der Waals surface area contributed by atoms with E-state index in [0.717, 1.165) is 36.8 Å². The predicted octanol–water partition coefficient (Wildman–Crippen LogP) is 7.59. The molecule has 31 heavy (non-hydrogen) atoms. The fourth-order valence-corrected chi connectivity index (χ4v) is 3.32. The van der Waals surface area contributed by atoms with Gasteiger partial charge in [0.25, 0.3) is 0 Å². The van der Waals surface area contributed by atoms with E-state index in [4.69, 9.17) is 4.74 Å². The van der Waals surface area contributed by atoms with E-state index in [2.05, 4.69) is 55.5 Å². The number of esters is 1. The van der Waals surface area contributed by atoms with Gasteiger partial charge in [0.15, 0.2) is 0 Å². The molecule has 2 heteroatoms. The van der Waals surface area contributed by atoms with Gasteiger partial charge in [-0.15, -0.1) is 0 Å². The molecule has 0 atom stereocenters. The Hall–Kier alpha value is -3.39. The molecule has 0 amide bonds. The molecule has 0 saturated heterocycles. The molecule has 3 rings (SSSR count). The van der Waals surface area contributed by atoms with Crippen molar-refractivity contribution in [2.24, 2.45) is 0 Å². The lowest BCUT2D eigenvalue weighted by molar-refractivity contribution is 0.0735. The minimum atomic E-state index is -0.339. The molecule has 2 nitrogen and oxygen atoms in total. The van der Waals surface area contributed by atoms with E-state index in [9.17, 15) is 4.79 Å². The van der Waals surface area contributed by atoms with Crippen LogP contribution in [-0.2, 0) is 12.8 Å². The van der Waals surface area contributed by atoms with Gasteiger partial charge in [-0.25, -0.2) is 4.79 Å². The lowest BCUT2D eigenvalue weighted by atomic mass is 10.0. The molecule has 0 N–H and O–H groups in total. The summed E-state index contributed by atoms with van der Waals surface area (Å²) in [6.07, 6.45) is 12.6. The second-order valence-electron chi connectivity index (χ2n) is 7.50. The number of benzene rings is 3. The van der Waals surface area contributed by atoms with E-state index in [-0.39, 0.29) is 5.97 Å². The number of hydrogen-bond acceptors (Lipinski definition) is 2. The van der Waals surface area contributed by atoms with Crippen LogP contribution in [0.1, 0.15) is 48.2 Å². The molecular formula is C29H30O2. The molecule has 0 aliphatic rings. The van der Waals surface area contributed by atoms with Gasteiger partial charge >= 0.3 is 5.97 Å². The quantitative estimate of drug-likeness (QED) is 0.206. The number of aryl methyl sites for hydroxylation is 1. The Morgan fingerprint density at radius 2 is 1.39 bits per heavy atom. The number of allylic oxidation sites excluding steroid dienone is 4. The zero-order valence-corrected chi connectivity index (χ0v) is 18.4. The lowest BCUT2D eigenvalue weighted by Gasteiger charge is -2.07. The molecule has 0 aliphatic heterocycles. The summed E-state index contributed by atoms with van der Waals surface area (Å²) in [6.45, 7) is 4.17. The van der Waals surface area contributed by atoms with Crippen LogP contribution in [0.15, 0.2) is 97.1 Å². The van der Waals surface area contributed by atoms with Crippen molar-refractivity contribution in [2.45, 2.75) is 39.5 Å². The summed E-state index contributed by atoms with van der Waals surface area (Å²) in [7, 11) is 0. The number of hydrogen-bond donors (Lipinski definition) is 0. The molecule has 0 spiro atoms. The Kier molecular flexibility index (Phi) is 8.42. The zero-order chi connectivity index (χ0) is 21.9. The van der Waals surface area contributed by atoms with Gasteiger partial charge in [0.1, 0.15) is 5.75 Å². The van der Waals surface area contributed by atoms with Crippen molar-refractivity contribution in [2.75, 3.05) is 0 Å². The molecular weight excluding hydrogens is 380 g/mol. The standard InChI is InChI=1S/C29H30O2/c1-3-5-7-9-23-11-15-25(16-12-23)26-19-21-28(22-20-26)31-29(30)27-17-13-24(14-18-27)10-8-6-4-2/h3,5-6,8,11-22H,4,7,9-10H2,1-2H3/b5-3+,8-6-. The lowest BCUT2D eigenvalue weighted by Crippen LogP contribution is -2.08. The van der Waals surface area contributed by atoms with Crippen LogP contribution < -0.4 is 4.74 Å². The van der Waals surface area contributed by atoms with Gasteiger partial charge in [0.2, 0.25) is 0 Å². The Labute approximate surface area is 185 Å². The van der Waals surface area contributed by atoms with E-state index < -0.39 is 0 Å². The van der Waals surface area contributed by atoms with Crippen LogP contribution in [0, 0.1) is 0 Å². The second kappa shape index (κ2) is 11.7. The molecule has 158 valence electrons. The smallest absolute Gasteiger partial charge is 0.343 e. The second-order valence-corrected chi connectivity index (χ2v) is 7.50. The van der Waals surface area contributed by atoms with E-state index in [0.29, 0.717) is 11.3 Å². The first kappa shape index (κ1) is 22.3. The highest BCUT2D eigenvalue weighted by molar-refractivity contribution is 5.91. The Balaban J connectivity index is 1.58. The van der Waals surface area contributed by atoms with Crippen molar-refractivity contribution in [1.82, 2.24) is 0 Å². The van der Waals surface area contributed by atoms with Gasteiger partial charge < -0.3 is 4.74 Å². The first-order chi connectivity index (χ1) is 15.2. The summed E-state index contributed by atoms with van der Waals surface area (Å²) < 4.78 is 5.54. The average Bonchev–Trinajstić information content (AvgIpc) is 2.81. The maximum absolute atomic E-state index is 12.4. The van der Waals surface area contributed by atoms with Crippen LogP contribution in [0.2, 0.25) is 0 Å². The molecule has 0 unspecified atom stereocenters. The van der Waals surface area contributed by atoms with Crippen LogP contribution in [0.4, 0.5) is 0 Å². The molecule has 3 aromatic carbocycles. The van der Waals surface area contributed by atoms with Gasteiger partial charge in [-0.05, 0) is 79.1 Å². The number of rotatable bonds is 9. The van der Waals surface area contributed by atoms with Crippen LogP contribution in [-0.4, -0.2) is 5.97 Å². The van der Waals surface area contributed by atoms with Crippen molar-refractivity contribution in [3.8, 4) is 16.9 Å². The third kappa shape index (κ3) is 6.82. The normalized spacial score (nSPS) is 11.3. The SMILES string of the molecule is C/C=C/CCc1ccc(-c2ccc(OC(=O)c3ccc(C/C=C\CC)cc3)cc2)cc1. The summed E-state index contributed by atoms with van der Waals surface area (Å²) >= 11 is 0. The highest BCUT2D eigenvalue weighted by atomic mass is 16.5. The summed E-state index contributed by atoms with van der Waals surface area (Å²) in [5.41, 5.74) is 5.32. The summed E-state index contributed by atoms with van der Waals surface area (Å²) in [5.74, 6) is 0.209. The van der Waals surface area contributed by atoms with Crippen molar-refractivity contribution in [3.63, 3.8) is 0 Å². The van der Waals surface area contributed by atoms with E-state index >= 15 is 0 Å². The Bertz CT molecular complexity index is 1010. The molecule has 0 bridgehead atoms. The average molecular weight is 411 g/mol. The highest BCUT2D eigenvalue weighted by Crippen LogP contribution is 2.24. The largest absolute Gasteiger partial charge is 0.423 e. The Morgan fingerprint density at radius 3 is 2.00 bits per heavy atom. The van der Waals surface area contributed by atoms with E-state index in [1.54, 1.807) is 0 Å². The molecule has 0 fully saturated rings. The Morgan fingerprint density at radius 1 is 0.774 bits per heavy atom. The summed E-state index contributed by atoms with van der Waals surface area (Å²) in [6, 6.07) is 23.9. The zero-order valence-electron chi connectivity index (χ0n) is 18.4. The van der Waals surface area contributed by atoms with Gasteiger partial charge in [-0.2, -0.15) is 0 Å². The summed E-state index contributed by atoms with van der Waals surface area (Å²) in [5, 5.41) is 0. The van der Waals surface area contributed by atoms with Gasteiger partial charge in [-0.1, -0.05) is 79.8 Å². The minimum absolute atomic E-state index is 0.339. The molecule has 0 heterocycles. The number of carbonyl (C=O) groups is 1. The fraction of sp³-hybridized carbons (Fsp3) is 0.207. The van der Waals surface area contributed by atoms with Crippen molar-refractivity contribution >= 4 is 5.97 Å². The molecule has 0 aliphatic carbocycles. The first-order valence-corrected chi connectivity index (χ1v) is 11.0. The summed E-state index contributed by atoms with van der Waals surface area (Å²) in [4.78, 5) is 12.4.